The quantitative estimate of drug-likeness (QED) is 0.637. The summed E-state index contributed by atoms with van der Waals surface area (Å²) in [6.45, 7) is 1.77. The van der Waals surface area contributed by atoms with Crippen LogP contribution in [0, 0.1) is 0 Å². The molecule has 2 N–H and O–H groups in total. The summed E-state index contributed by atoms with van der Waals surface area (Å²) in [5.74, 6) is 0.633. The van der Waals surface area contributed by atoms with E-state index >= 15 is 0 Å². The summed E-state index contributed by atoms with van der Waals surface area (Å²) < 4.78 is 5.15. The van der Waals surface area contributed by atoms with Crippen LogP contribution in [0.1, 0.15) is 22.8 Å². The number of hydrogen-bond acceptors (Lipinski definition) is 4. The van der Waals surface area contributed by atoms with E-state index in [4.69, 9.17) is 10.5 Å². The zero-order valence-corrected chi connectivity index (χ0v) is 13.3. The van der Waals surface area contributed by atoms with Gasteiger partial charge in [0.15, 0.2) is 5.78 Å². The fourth-order valence-corrected chi connectivity index (χ4v) is 2.56. The first kappa shape index (κ1) is 16.0. The maximum Gasteiger partial charge on any atom is 0.191 e. The molecule has 112 valence electrons. The lowest BCUT2D eigenvalue weighted by atomic mass is 9.93. The molecule has 2 atom stereocenters. The number of ketones is 1. The van der Waals surface area contributed by atoms with Gasteiger partial charge >= 0.3 is 0 Å². The van der Waals surface area contributed by atoms with Crippen molar-refractivity contribution >= 4 is 29.2 Å². The van der Waals surface area contributed by atoms with Crippen LogP contribution in [0.3, 0.4) is 0 Å². The number of methoxy groups -OCH3 is 1. The second kappa shape index (κ2) is 7.07. The second-order valence-corrected chi connectivity index (χ2v) is 5.57. The van der Waals surface area contributed by atoms with Gasteiger partial charge in [-0.2, -0.15) is 12.6 Å². The van der Waals surface area contributed by atoms with Crippen LogP contribution in [0.15, 0.2) is 36.4 Å². The van der Waals surface area contributed by atoms with Gasteiger partial charge in [-0.15, -0.1) is 0 Å². The molecule has 0 spiro atoms. The number of fused-ring (bicyclic) bond motifs is 1. The zero-order valence-electron chi connectivity index (χ0n) is 12.4. The van der Waals surface area contributed by atoms with Gasteiger partial charge in [-0.05, 0) is 29.7 Å². The molecule has 3 nitrogen and oxygen atoms in total. The highest BCUT2D eigenvalue weighted by Crippen LogP contribution is 2.25. The maximum absolute atomic E-state index is 12.4. The highest BCUT2D eigenvalue weighted by atomic mass is 32.1. The smallest absolute Gasteiger partial charge is 0.191 e. The van der Waals surface area contributed by atoms with E-state index < -0.39 is 6.10 Å². The van der Waals surface area contributed by atoms with E-state index in [0.29, 0.717) is 11.3 Å². The maximum atomic E-state index is 12.4. The minimum Gasteiger partial charge on any atom is -0.374 e. The number of nitrogens with two attached hydrogens (primary N) is 1. The zero-order chi connectivity index (χ0) is 15.4. The minimum atomic E-state index is -0.445. The Labute approximate surface area is 130 Å². The van der Waals surface area contributed by atoms with E-state index in [9.17, 15) is 4.79 Å². The standard InChI is InChI=1S/C17H21NO2S/c1-11(20-2)17(19)16-8-7-12(9-13(18)10-21)14-5-3-4-6-15(14)16/h3-8,11,13,21H,9-10,18H2,1-2H3/t11-,13+/m0/s1. The molecule has 21 heavy (non-hydrogen) atoms. The number of thiol groups is 1. The number of Topliss-reactive ketones (excluding diaryl/α,β-unsaturated/α-hetero) is 1. The molecule has 0 heterocycles. The summed E-state index contributed by atoms with van der Waals surface area (Å²) in [5, 5.41) is 2.03. The molecule has 0 amide bonds. The van der Waals surface area contributed by atoms with E-state index in [-0.39, 0.29) is 11.8 Å². The van der Waals surface area contributed by atoms with Crippen LogP contribution >= 0.6 is 12.6 Å². The van der Waals surface area contributed by atoms with E-state index in [1.54, 1.807) is 14.0 Å². The monoisotopic (exact) mass is 303 g/mol. The number of carbonyl (C=O) groups is 1. The fraction of sp³-hybridized carbons (Fsp3) is 0.353. The summed E-state index contributed by atoms with van der Waals surface area (Å²) in [7, 11) is 1.55. The summed E-state index contributed by atoms with van der Waals surface area (Å²) >= 11 is 4.24. The van der Waals surface area contributed by atoms with Crippen molar-refractivity contribution in [2.45, 2.75) is 25.5 Å². The Morgan fingerprint density at radius 3 is 2.52 bits per heavy atom. The van der Waals surface area contributed by atoms with Crippen molar-refractivity contribution in [2.24, 2.45) is 5.73 Å². The molecule has 2 aromatic carbocycles. The molecule has 0 aromatic heterocycles. The van der Waals surface area contributed by atoms with Crippen molar-refractivity contribution in [3.63, 3.8) is 0 Å². The van der Waals surface area contributed by atoms with Crippen molar-refractivity contribution in [1.29, 1.82) is 0 Å². The highest BCUT2D eigenvalue weighted by Gasteiger charge is 2.18. The summed E-state index contributed by atoms with van der Waals surface area (Å²) in [6, 6.07) is 11.8. The van der Waals surface area contributed by atoms with Crippen molar-refractivity contribution < 1.29 is 9.53 Å². The van der Waals surface area contributed by atoms with Gasteiger partial charge in [-0.1, -0.05) is 36.4 Å². The summed E-state index contributed by atoms with van der Waals surface area (Å²) in [6.07, 6.45) is 0.303. The Morgan fingerprint density at radius 1 is 1.24 bits per heavy atom. The lowest BCUT2D eigenvalue weighted by Gasteiger charge is -2.15. The molecular weight excluding hydrogens is 282 g/mol. The topological polar surface area (TPSA) is 52.3 Å². The Kier molecular flexibility index (Phi) is 5.39. The van der Waals surface area contributed by atoms with Crippen LogP contribution in [0.5, 0.6) is 0 Å². The molecule has 0 aliphatic heterocycles. The SMILES string of the molecule is CO[C@@H](C)C(=O)c1ccc(C[C@@H](N)CS)c2ccccc12. The molecule has 0 aliphatic rings. The number of rotatable bonds is 6. The van der Waals surface area contributed by atoms with Gasteiger partial charge in [0.1, 0.15) is 6.10 Å². The Balaban J connectivity index is 2.52. The molecule has 0 fully saturated rings. The molecule has 0 bridgehead atoms. The first-order valence-electron chi connectivity index (χ1n) is 7.02. The average Bonchev–Trinajstić information content (AvgIpc) is 2.53. The average molecular weight is 303 g/mol. The predicted octanol–water partition coefficient (Wildman–Crippen LogP) is 2.86. The van der Waals surface area contributed by atoms with Crippen molar-refractivity contribution in [1.82, 2.24) is 0 Å². The minimum absolute atomic E-state index is 0.00116. The van der Waals surface area contributed by atoms with Gasteiger partial charge in [-0.25, -0.2) is 0 Å². The summed E-state index contributed by atoms with van der Waals surface area (Å²) in [4.78, 5) is 12.4. The van der Waals surface area contributed by atoms with E-state index in [0.717, 1.165) is 22.8 Å². The van der Waals surface area contributed by atoms with Crippen LogP contribution in [0.4, 0.5) is 0 Å². The van der Waals surface area contributed by atoms with Crippen LogP contribution in [0.2, 0.25) is 0 Å². The van der Waals surface area contributed by atoms with Crippen LogP contribution in [-0.4, -0.2) is 30.8 Å². The number of benzene rings is 2. The van der Waals surface area contributed by atoms with Gasteiger partial charge < -0.3 is 10.5 Å². The van der Waals surface area contributed by atoms with E-state index in [1.165, 1.54) is 0 Å². The lowest BCUT2D eigenvalue weighted by molar-refractivity contribution is 0.0657. The molecule has 0 saturated heterocycles. The Morgan fingerprint density at radius 2 is 1.90 bits per heavy atom. The number of hydrogen-bond donors (Lipinski definition) is 2. The van der Waals surface area contributed by atoms with E-state index in [1.807, 2.05) is 36.4 Å². The van der Waals surface area contributed by atoms with Gasteiger partial charge in [0, 0.05) is 24.5 Å². The first-order valence-corrected chi connectivity index (χ1v) is 7.65. The third-order valence-electron chi connectivity index (χ3n) is 3.72. The molecule has 4 heteroatoms. The fourth-order valence-electron chi connectivity index (χ4n) is 2.43. The molecule has 0 radical (unpaired) electrons. The molecule has 2 rings (SSSR count). The lowest BCUT2D eigenvalue weighted by Crippen LogP contribution is -2.25. The molecule has 0 saturated carbocycles. The van der Waals surface area contributed by atoms with Crippen molar-refractivity contribution in [2.75, 3.05) is 12.9 Å². The normalized spacial score (nSPS) is 14.1. The van der Waals surface area contributed by atoms with Gasteiger partial charge in [0.2, 0.25) is 0 Å². The highest BCUT2D eigenvalue weighted by molar-refractivity contribution is 7.80. The van der Waals surface area contributed by atoms with Crippen LogP contribution in [0.25, 0.3) is 10.8 Å². The van der Waals surface area contributed by atoms with E-state index in [2.05, 4.69) is 12.6 Å². The van der Waals surface area contributed by atoms with Crippen molar-refractivity contribution in [3.05, 3.63) is 47.5 Å². The predicted molar refractivity (Wildman–Crippen MR) is 90.3 cm³/mol. The molecule has 0 unspecified atom stereocenters. The Hall–Kier alpha value is -1.36. The molecule has 0 aliphatic carbocycles. The van der Waals surface area contributed by atoms with Crippen molar-refractivity contribution in [3.8, 4) is 0 Å². The third-order valence-corrected chi connectivity index (χ3v) is 4.19. The van der Waals surface area contributed by atoms with Gasteiger partial charge in [-0.3, -0.25) is 4.79 Å². The third kappa shape index (κ3) is 3.46. The first-order chi connectivity index (χ1) is 10.1. The summed E-state index contributed by atoms with van der Waals surface area (Å²) in [5.41, 5.74) is 7.84. The number of carbonyl (C=O) groups excluding carboxylic acids is 1. The van der Waals surface area contributed by atoms with Gasteiger partial charge in [0.05, 0.1) is 0 Å². The van der Waals surface area contributed by atoms with Crippen LogP contribution < -0.4 is 5.73 Å². The van der Waals surface area contributed by atoms with Crippen LogP contribution in [-0.2, 0) is 11.2 Å². The van der Waals surface area contributed by atoms with Gasteiger partial charge in [0.25, 0.3) is 0 Å². The molecule has 2 aromatic rings. The molecular formula is C17H21NO2S. The second-order valence-electron chi connectivity index (χ2n) is 5.21. The Bertz CT molecular complexity index is 642. The largest absolute Gasteiger partial charge is 0.374 e. The number of ether oxygens (including phenoxy) is 1.